The molecule has 0 aliphatic heterocycles. The van der Waals surface area contributed by atoms with E-state index < -0.39 is 23.5 Å². The summed E-state index contributed by atoms with van der Waals surface area (Å²) in [6.07, 6.45) is 0. The quantitative estimate of drug-likeness (QED) is 0.472. The van der Waals surface area contributed by atoms with Gasteiger partial charge in [-0.15, -0.1) is 0 Å². The molecule has 0 aliphatic rings. The van der Waals surface area contributed by atoms with E-state index in [-0.39, 0.29) is 11.4 Å². The number of nitrogens with one attached hydrogen (secondary N) is 1. The molecule has 7 nitrogen and oxygen atoms in total. The van der Waals surface area contributed by atoms with Crippen LogP contribution in [0.3, 0.4) is 0 Å². The van der Waals surface area contributed by atoms with E-state index in [0.717, 1.165) is 11.1 Å². The summed E-state index contributed by atoms with van der Waals surface area (Å²) in [5, 5.41) is 22.7. The first kappa shape index (κ1) is 14.9. The lowest BCUT2D eigenvalue weighted by molar-refractivity contribution is -0.384. The van der Waals surface area contributed by atoms with Crippen LogP contribution < -0.4 is 5.32 Å². The number of ether oxygens (including phenoxy) is 1. The maximum atomic E-state index is 11.4. The number of esters is 1. The number of rotatable bonds is 5. The molecule has 0 radical (unpaired) electrons. The van der Waals surface area contributed by atoms with Crippen LogP contribution in [0.15, 0.2) is 12.1 Å². The van der Waals surface area contributed by atoms with E-state index in [1.165, 1.54) is 13.2 Å². The van der Waals surface area contributed by atoms with E-state index in [4.69, 9.17) is 5.11 Å². The third-order valence-corrected chi connectivity index (χ3v) is 2.81. The summed E-state index contributed by atoms with van der Waals surface area (Å²) >= 11 is 0. The van der Waals surface area contributed by atoms with Crippen molar-refractivity contribution in [2.75, 3.05) is 19.0 Å². The number of benzene rings is 1. The van der Waals surface area contributed by atoms with E-state index in [0.29, 0.717) is 0 Å². The number of carbonyl (C=O) groups excluding carboxylic acids is 1. The largest absolute Gasteiger partial charge is 0.467 e. The Balaban J connectivity index is 3.15. The summed E-state index contributed by atoms with van der Waals surface area (Å²) in [7, 11) is 1.18. The number of hydrogen-bond donors (Lipinski definition) is 2. The Morgan fingerprint density at radius 2 is 2.05 bits per heavy atom. The third kappa shape index (κ3) is 3.41. The second-order valence-corrected chi connectivity index (χ2v) is 4.11. The van der Waals surface area contributed by atoms with Gasteiger partial charge in [0.1, 0.15) is 11.7 Å². The van der Waals surface area contributed by atoms with Crippen molar-refractivity contribution < 1.29 is 19.6 Å². The van der Waals surface area contributed by atoms with Crippen LogP contribution >= 0.6 is 0 Å². The molecule has 7 heteroatoms. The molecule has 0 amide bonds. The van der Waals surface area contributed by atoms with Gasteiger partial charge < -0.3 is 15.2 Å². The van der Waals surface area contributed by atoms with Crippen molar-refractivity contribution in [3.63, 3.8) is 0 Å². The lowest BCUT2D eigenvalue weighted by atomic mass is 10.1. The number of nitro groups is 1. The third-order valence-electron chi connectivity index (χ3n) is 2.81. The minimum Gasteiger partial charge on any atom is -0.467 e. The summed E-state index contributed by atoms with van der Waals surface area (Å²) in [5.74, 6) is -0.685. The zero-order valence-electron chi connectivity index (χ0n) is 11.0. The first-order valence-electron chi connectivity index (χ1n) is 5.61. The van der Waals surface area contributed by atoms with Crippen LogP contribution in [0.25, 0.3) is 0 Å². The van der Waals surface area contributed by atoms with E-state index in [1.54, 1.807) is 19.9 Å². The lowest BCUT2D eigenvalue weighted by Crippen LogP contribution is -2.34. The highest BCUT2D eigenvalue weighted by molar-refractivity contribution is 5.81. The first-order valence-corrected chi connectivity index (χ1v) is 5.61. The number of nitrogens with zero attached hydrogens (tertiary/aromatic N) is 1. The minimum absolute atomic E-state index is 0.148. The van der Waals surface area contributed by atoms with E-state index in [2.05, 4.69) is 10.1 Å². The summed E-state index contributed by atoms with van der Waals surface area (Å²) in [6.45, 7) is 3.04. The average Bonchev–Trinajstić information content (AvgIpc) is 2.38. The predicted molar refractivity (Wildman–Crippen MR) is 69.1 cm³/mol. The van der Waals surface area contributed by atoms with Gasteiger partial charge in [-0.1, -0.05) is 0 Å². The van der Waals surface area contributed by atoms with Crippen molar-refractivity contribution in [3.05, 3.63) is 33.4 Å². The second kappa shape index (κ2) is 6.14. The minimum atomic E-state index is -1.04. The van der Waals surface area contributed by atoms with Gasteiger partial charge >= 0.3 is 5.97 Å². The van der Waals surface area contributed by atoms with Crippen LogP contribution in [0, 0.1) is 24.0 Å². The molecule has 0 aliphatic carbocycles. The maximum Gasteiger partial charge on any atom is 0.330 e. The molecule has 104 valence electrons. The van der Waals surface area contributed by atoms with Crippen molar-refractivity contribution in [1.82, 2.24) is 0 Å². The molecule has 0 fully saturated rings. The molecule has 0 spiro atoms. The summed E-state index contributed by atoms with van der Waals surface area (Å²) in [5.41, 5.74) is 1.65. The smallest absolute Gasteiger partial charge is 0.330 e. The fraction of sp³-hybridized carbons (Fsp3) is 0.417. The number of anilines is 1. The lowest BCUT2D eigenvalue weighted by Gasteiger charge is -2.16. The van der Waals surface area contributed by atoms with Gasteiger partial charge in [0.2, 0.25) is 0 Å². The maximum absolute atomic E-state index is 11.4. The molecule has 19 heavy (non-hydrogen) atoms. The van der Waals surface area contributed by atoms with Gasteiger partial charge in [-0.05, 0) is 31.0 Å². The Kier molecular flexibility index (Phi) is 4.82. The Bertz CT molecular complexity index is 501. The summed E-state index contributed by atoms with van der Waals surface area (Å²) < 4.78 is 4.50. The first-order chi connectivity index (χ1) is 8.90. The van der Waals surface area contributed by atoms with Crippen molar-refractivity contribution in [2.45, 2.75) is 19.9 Å². The van der Waals surface area contributed by atoms with E-state index in [1.807, 2.05) is 0 Å². The number of aryl methyl sites for hydroxylation is 2. The van der Waals surface area contributed by atoms with Gasteiger partial charge in [0.15, 0.2) is 0 Å². The Hall–Kier alpha value is -2.15. The average molecular weight is 268 g/mol. The SMILES string of the molecule is COC(=O)C(CO)Nc1cc(C)c(C)cc1[N+](=O)[O-]. The molecule has 1 aromatic carbocycles. The molecule has 1 unspecified atom stereocenters. The Labute approximate surface area is 110 Å². The van der Waals surface area contributed by atoms with E-state index in [9.17, 15) is 14.9 Å². The van der Waals surface area contributed by atoms with Gasteiger partial charge in [-0.3, -0.25) is 10.1 Å². The van der Waals surface area contributed by atoms with Gasteiger partial charge in [0.05, 0.1) is 18.6 Å². The number of aliphatic hydroxyl groups excluding tert-OH is 1. The zero-order chi connectivity index (χ0) is 14.6. The van der Waals surface area contributed by atoms with Gasteiger partial charge in [0.25, 0.3) is 5.69 Å². The molecule has 0 aromatic heterocycles. The van der Waals surface area contributed by atoms with Crippen molar-refractivity contribution in [3.8, 4) is 0 Å². The standard InChI is InChI=1S/C12H16N2O5/c1-7-4-9(11(14(17)18)5-8(7)2)13-10(6-15)12(16)19-3/h4-5,10,13,15H,6H2,1-3H3. The molecule has 1 rings (SSSR count). The van der Waals surface area contributed by atoms with Crippen LogP contribution in [-0.4, -0.2) is 35.8 Å². The van der Waals surface area contributed by atoms with Gasteiger partial charge in [-0.2, -0.15) is 0 Å². The summed E-state index contributed by atoms with van der Waals surface area (Å²) in [6, 6.07) is 1.95. The number of aliphatic hydroxyl groups is 1. The summed E-state index contributed by atoms with van der Waals surface area (Å²) in [4.78, 5) is 21.8. The monoisotopic (exact) mass is 268 g/mol. The van der Waals surface area contributed by atoms with Crippen molar-refractivity contribution in [1.29, 1.82) is 0 Å². The predicted octanol–water partition coefficient (Wildman–Crippen LogP) is 1.16. The molecule has 1 atom stereocenters. The molecule has 0 bridgehead atoms. The second-order valence-electron chi connectivity index (χ2n) is 4.11. The molecule has 2 N–H and O–H groups in total. The Morgan fingerprint density at radius 1 is 1.47 bits per heavy atom. The van der Waals surface area contributed by atoms with Gasteiger partial charge in [-0.25, -0.2) is 4.79 Å². The molecule has 0 saturated carbocycles. The van der Waals surface area contributed by atoms with Crippen LogP contribution in [0.4, 0.5) is 11.4 Å². The Morgan fingerprint density at radius 3 is 2.53 bits per heavy atom. The normalized spacial score (nSPS) is 11.8. The van der Waals surface area contributed by atoms with E-state index >= 15 is 0 Å². The number of carbonyl (C=O) groups is 1. The zero-order valence-corrected chi connectivity index (χ0v) is 11.0. The van der Waals surface area contributed by atoms with Crippen LogP contribution in [-0.2, 0) is 9.53 Å². The van der Waals surface area contributed by atoms with Crippen LogP contribution in [0.2, 0.25) is 0 Å². The molecule has 0 heterocycles. The fourth-order valence-corrected chi connectivity index (χ4v) is 1.58. The number of methoxy groups -OCH3 is 1. The van der Waals surface area contributed by atoms with Crippen molar-refractivity contribution >= 4 is 17.3 Å². The van der Waals surface area contributed by atoms with Gasteiger partial charge in [0, 0.05) is 6.07 Å². The van der Waals surface area contributed by atoms with Crippen LogP contribution in [0.1, 0.15) is 11.1 Å². The molecular formula is C12H16N2O5. The molecule has 1 aromatic rings. The van der Waals surface area contributed by atoms with Crippen LogP contribution in [0.5, 0.6) is 0 Å². The topological polar surface area (TPSA) is 102 Å². The molecular weight excluding hydrogens is 252 g/mol. The molecule has 0 saturated heterocycles. The van der Waals surface area contributed by atoms with Crippen molar-refractivity contribution in [2.24, 2.45) is 0 Å². The highest BCUT2D eigenvalue weighted by Crippen LogP contribution is 2.28. The highest BCUT2D eigenvalue weighted by atomic mass is 16.6. The highest BCUT2D eigenvalue weighted by Gasteiger charge is 2.23. The number of hydrogen-bond acceptors (Lipinski definition) is 6. The fourth-order valence-electron chi connectivity index (χ4n) is 1.58. The number of nitro benzene ring substituents is 1.